The third-order valence-corrected chi connectivity index (χ3v) is 10.3. The van der Waals surface area contributed by atoms with E-state index in [-0.39, 0.29) is 44.6 Å². The number of fused-ring (bicyclic) bond motifs is 2. The van der Waals surface area contributed by atoms with Crippen LogP contribution in [0, 0.1) is 13.8 Å². The number of urea groups is 1. The molecule has 6 rings (SSSR count). The van der Waals surface area contributed by atoms with Crippen molar-refractivity contribution in [3.8, 4) is 11.5 Å². The van der Waals surface area contributed by atoms with Gasteiger partial charge in [0.1, 0.15) is 11.5 Å². The normalized spacial score (nSPS) is 11.6. The minimum absolute atomic E-state index is 0.0139. The minimum Gasteiger partial charge on any atom is -0.506 e. The van der Waals surface area contributed by atoms with Crippen molar-refractivity contribution in [2.75, 3.05) is 21.3 Å². The average molecular weight is 771 g/mol. The third-order valence-electron chi connectivity index (χ3n) is 8.44. The van der Waals surface area contributed by atoms with Gasteiger partial charge in [-0.1, -0.05) is 60.7 Å². The Morgan fingerprint density at radius 3 is 1.26 bits per heavy atom. The summed E-state index contributed by atoms with van der Waals surface area (Å²) in [4.78, 5) is 38.1. The number of nitrogens with one attached hydrogen (secondary N) is 4. The van der Waals surface area contributed by atoms with E-state index in [0.717, 1.165) is 0 Å². The van der Waals surface area contributed by atoms with E-state index in [1.165, 1.54) is 60.7 Å². The molecule has 0 aliphatic heterocycles. The highest BCUT2D eigenvalue weighted by Gasteiger charge is 2.27. The summed E-state index contributed by atoms with van der Waals surface area (Å²) in [6, 6.07) is 22.9. The SMILES string of the molecule is Cc1ccc(NC(=O)Nc2ccc(C)c(C(=O)Nc3cc4ccccc4c(O)c3S(=O)(=O)O)c2)cc1C(=O)Nc1cc2ccccc2c(O)c1S(=O)(=O)O. The quantitative estimate of drug-likeness (QED) is 0.0760. The molecule has 0 bridgehead atoms. The first-order valence-corrected chi connectivity index (χ1v) is 18.7. The first-order chi connectivity index (χ1) is 25.4. The lowest BCUT2D eigenvalue weighted by atomic mass is 10.1. The van der Waals surface area contributed by atoms with E-state index in [4.69, 9.17) is 0 Å². The van der Waals surface area contributed by atoms with Gasteiger partial charge in [-0.3, -0.25) is 18.7 Å². The Morgan fingerprint density at radius 2 is 0.889 bits per heavy atom. The number of aromatic hydroxyl groups is 2. The van der Waals surface area contributed by atoms with Crippen molar-refractivity contribution in [2.24, 2.45) is 0 Å². The van der Waals surface area contributed by atoms with E-state index >= 15 is 0 Å². The van der Waals surface area contributed by atoms with Crippen LogP contribution in [0.2, 0.25) is 0 Å². The molecule has 0 fully saturated rings. The molecule has 0 unspecified atom stereocenters. The minimum atomic E-state index is -4.99. The second-order valence-electron chi connectivity index (χ2n) is 12.1. The zero-order valence-electron chi connectivity index (χ0n) is 28.2. The molecule has 0 atom stereocenters. The highest BCUT2D eigenvalue weighted by molar-refractivity contribution is 7.86. The monoisotopic (exact) mass is 770 g/mol. The molecule has 8 N–H and O–H groups in total. The van der Waals surface area contributed by atoms with Gasteiger partial charge in [0.15, 0.2) is 9.79 Å². The Labute approximate surface area is 307 Å². The Bertz CT molecular complexity index is 2600. The number of hydrogen-bond donors (Lipinski definition) is 8. The number of carbonyl (C=O) groups is 3. The summed E-state index contributed by atoms with van der Waals surface area (Å²) >= 11 is 0. The van der Waals surface area contributed by atoms with Gasteiger partial charge >= 0.3 is 6.03 Å². The zero-order valence-corrected chi connectivity index (χ0v) is 29.8. The van der Waals surface area contributed by atoms with Gasteiger partial charge in [-0.2, -0.15) is 16.8 Å². The highest BCUT2D eigenvalue weighted by atomic mass is 32.2. The number of anilines is 4. The number of phenolic OH excluding ortho intramolecular Hbond substituents is 2. The highest BCUT2D eigenvalue weighted by Crippen LogP contribution is 2.39. The molecule has 6 aromatic carbocycles. The number of carbonyl (C=O) groups excluding carboxylic acids is 3. The molecule has 0 saturated carbocycles. The van der Waals surface area contributed by atoms with E-state index in [2.05, 4.69) is 21.3 Å². The number of hydrogen-bond acceptors (Lipinski definition) is 9. The molecular weight excluding hydrogens is 741 g/mol. The molecule has 0 saturated heterocycles. The van der Waals surface area contributed by atoms with Gasteiger partial charge in [0.25, 0.3) is 32.1 Å². The number of amides is 4. The Morgan fingerprint density at radius 1 is 0.519 bits per heavy atom. The molecule has 0 spiro atoms. The predicted molar refractivity (Wildman–Crippen MR) is 202 cm³/mol. The van der Waals surface area contributed by atoms with Gasteiger partial charge in [0.2, 0.25) is 0 Å². The lowest BCUT2D eigenvalue weighted by molar-refractivity contribution is 0.101. The number of benzene rings is 6. The van der Waals surface area contributed by atoms with Gasteiger partial charge < -0.3 is 31.5 Å². The molecule has 0 heterocycles. The fourth-order valence-electron chi connectivity index (χ4n) is 5.89. The number of phenols is 2. The lowest BCUT2D eigenvalue weighted by Crippen LogP contribution is -2.21. The zero-order chi connectivity index (χ0) is 39.1. The van der Waals surface area contributed by atoms with Crippen molar-refractivity contribution in [3.05, 3.63) is 119 Å². The molecule has 6 aromatic rings. The molecule has 4 amide bonds. The first kappa shape index (κ1) is 37.2. The predicted octanol–water partition coefficient (Wildman–Crippen LogP) is 6.66. The van der Waals surface area contributed by atoms with Crippen LogP contribution in [-0.4, -0.2) is 54.0 Å². The molecule has 17 heteroatoms. The second kappa shape index (κ2) is 14.1. The molecule has 0 radical (unpaired) electrons. The number of rotatable bonds is 8. The van der Waals surface area contributed by atoms with Crippen LogP contribution in [0.4, 0.5) is 27.5 Å². The summed E-state index contributed by atoms with van der Waals surface area (Å²) in [6.07, 6.45) is 0. The van der Waals surface area contributed by atoms with Crippen molar-refractivity contribution in [1.29, 1.82) is 0 Å². The molecule has 0 aromatic heterocycles. The molecular formula is C37H30N4O11S2. The average Bonchev–Trinajstić information content (AvgIpc) is 3.08. The summed E-state index contributed by atoms with van der Waals surface area (Å²) in [7, 11) is -9.98. The van der Waals surface area contributed by atoms with Crippen LogP contribution < -0.4 is 21.3 Å². The van der Waals surface area contributed by atoms with Gasteiger partial charge in [-0.25, -0.2) is 4.79 Å². The maximum Gasteiger partial charge on any atom is 0.323 e. The van der Waals surface area contributed by atoms with Crippen molar-refractivity contribution in [1.82, 2.24) is 0 Å². The van der Waals surface area contributed by atoms with Gasteiger partial charge in [0.05, 0.1) is 11.4 Å². The molecule has 54 heavy (non-hydrogen) atoms. The molecule has 15 nitrogen and oxygen atoms in total. The van der Waals surface area contributed by atoms with E-state index in [9.17, 15) is 50.5 Å². The van der Waals surface area contributed by atoms with Crippen LogP contribution in [0.1, 0.15) is 31.8 Å². The summed E-state index contributed by atoms with van der Waals surface area (Å²) in [5.74, 6) is -3.13. The van der Waals surface area contributed by atoms with Crippen molar-refractivity contribution >= 4 is 82.4 Å². The van der Waals surface area contributed by atoms with Crippen molar-refractivity contribution in [2.45, 2.75) is 23.6 Å². The van der Waals surface area contributed by atoms with Gasteiger partial charge in [-0.15, -0.1) is 0 Å². The summed E-state index contributed by atoms with van der Waals surface area (Å²) in [6.45, 7) is 3.19. The van der Waals surface area contributed by atoms with E-state index in [0.29, 0.717) is 21.9 Å². The van der Waals surface area contributed by atoms with Gasteiger partial charge in [0, 0.05) is 33.3 Å². The van der Waals surface area contributed by atoms with Crippen LogP contribution in [0.25, 0.3) is 21.5 Å². The molecule has 276 valence electrons. The second-order valence-corrected chi connectivity index (χ2v) is 14.9. The van der Waals surface area contributed by atoms with Crippen LogP contribution >= 0.6 is 0 Å². The fourth-order valence-corrected chi connectivity index (χ4v) is 7.37. The molecule has 0 aliphatic carbocycles. The van der Waals surface area contributed by atoms with E-state index in [1.54, 1.807) is 50.2 Å². The van der Waals surface area contributed by atoms with Gasteiger partial charge in [-0.05, 0) is 72.1 Å². The van der Waals surface area contributed by atoms with Crippen LogP contribution in [-0.2, 0) is 20.2 Å². The fraction of sp³-hybridized carbons (Fsp3) is 0.0541. The molecule has 0 aliphatic rings. The maximum absolute atomic E-state index is 13.4. The Kier molecular flexibility index (Phi) is 9.74. The number of aryl methyl sites for hydroxylation is 2. The lowest BCUT2D eigenvalue weighted by Gasteiger charge is -2.16. The van der Waals surface area contributed by atoms with Crippen molar-refractivity contribution in [3.63, 3.8) is 0 Å². The standard InChI is InChI=1S/C37H30N4O11S2/c1-19-11-13-23(17-27(19)35(44)40-29-15-21-7-3-5-9-25(21)31(42)33(29)53(47,48)49)38-37(46)39-24-14-12-20(2)28(18-24)36(45)41-30-16-22-8-4-6-10-26(22)32(43)34(30)54(50,51)52/h3-18,42-43H,1-2H3,(H,40,44)(H,41,45)(H2,38,39,46)(H,47,48,49)(H,50,51,52). The van der Waals surface area contributed by atoms with E-state index in [1.807, 2.05) is 0 Å². The van der Waals surface area contributed by atoms with Crippen LogP contribution in [0.15, 0.2) is 107 Å². The smallest absolute Gasteiger partial charge is 0.323 e. The van der Waals surface area contributed by atoms with E-state index < -0.39 is 59.4 Å². The third kappa shape index (κ3) is 7.50. The largest absolute Gasteiger partial charge is 0.506 e. The summed E-state index contributed by atoms with van der Waals surface area (Å²) in [5, 5.41) is 32.4. The Balaban J connectivity index is 1.21. The first-order valence-electron chi connectivity index (χ1n) is 15.8. The summed E-state index contributed by atoms with van der Waals surface area (Å²) in [5.41, 5.74) is 0.420. The summed E-state index contributed by atoms with van der Waals surface area (Å²) < 4.78 is 68.6. The Hall–Kier alpha value is -6.53. The maximum atomic E-state index is 13.4. The van der Waals surface area contributed by atoms with Crippen molar-refractivity contribution < 1.29 is 50.5 Å². The van der Waals surface area contributed by atoms with Crippen LogP contribution in [0.5, 0.6) is 11.5 Å². The topological polar surface area (TPSA) is 249 Å². The van der Waals surface area contributed by atoms with Crippen LogP contribution in [0.3, 0.4) is 0 Å².